The third-order valence-corrected chi connectivity index (χ3v) is 3.66. The van der Waals surface area contributed by atoms with Crippen LogP contribution >= 0.6 is 11.8 Å². The molecule has 0 aliphatic heterocycles. The minimum absolute atomic E-state index is 0.992. The van der Waals surface area contributed by atoms with E-state index >= 15 is 0 Å². The van der Waals surface area contributed by atoms with E-state index in [1.807, 2.05) is 18.0 Å². The van der Waals surface area contributed by atoms with Crippen LogP contribution in [-0.2, 0) is 5.75 Å². The Bertz CT molecular complexity index is 285. The van der Waals surface area contributed by atoms with Gasteiger partial charge in [-0.15, -0.1) is 0 Å². The number of rotatable bonds is 9. The third-order valence-electron chi connectivity index (χ3n) is 2.54. The number of hydrogen-bond acceptors (Lipinski definition) is 3. The first kappa shape index (κ1) is 14.4. The molecular formula is C14H24N2S. The van der Waals surface area contributed by atoms with Gasteiger partial charge < -0.3 is 5.32 Å². The van der Waals surface area contributed by atoms with E-state index in [0.717, 1.165) is 24.5 Å². The predicted molar refractivity (Wildman–Crippen MR) is 78.7 cm³/mol. The lowest BCUT2D eigenvalue weighted by Gasteiger charge is -2.05. The van der Waals surface area contributed by atoms with Gasteiger partial charge in [0.1, 0.15) is 5.82 Å². The molecule has 0 unspecified atom stereocenters. The second kappa shape index (κ2) is 9.34. The van der Waals surface area contributed by atoms with Gasteiger partial charge >= 0.3 is 0 Å². The Labute approximate surface area is 110 Å². The first-order valence-corrected chi connectivity index (χ1v) is 7.78. The van der Waals surface area contributed by atoms with Crippen molar-refractivity contribution in [3.05, 3.63) is 23.9 Å². The molecule has 17 heavy (non-hydrogen) atoms. The highest BCUT2D eigenvalue weighted by molar-refractivity contribution is 7.98. The Hall–Kier alpha value is -0.700. The van der Waals surface area contributed by atoms with Gasteiger partial charge in [0.05, 0.1) is 0 Å². The molecule has 1 heterocycles. The summed E-state index contributed by atoms with van der Waals surface area (Å²) in [6, 6.07) is 4.26. The molecule has 3 heteroatoms. The first-order chi connectivity index (χ1) is 8.36. The summed E-state index contributed by atoms with van der Waals surface area (Å²) in [4.78, 5) is 4.41. The normalized spacial score (nSPS) is 10.5. The van der Waals surface area contributed by atoms with E-state index in [1.54, 1.807) is 0 Å². The predicted octanol–water partition coefficient (Wildman–Crippen LogP) is 4.33. The van der Waals surface area contributed by atoms with Gasteiger partial charge in [-0.2, -0.15) is 11.8 Å². The molecule has 0 saturated carbocycles. The van der Waals surface area contributed by atoms with Crippen LogP contribution in [0.1, 0.15) is 45.1 Å². The van der Waals surface area contributed by atoms with E-state index in [2.05, 4.69) is 36.3 Å². The molecule has 0 fully saturated rings. The molecule has 1 rings (SSSR count). The van der Waals surface area contributed by atoms with E-state index < -0.39 is 0 Å². The summed E-state index contributed by atoms with van der Waals surface area (Å²) in [7, 11) is 0. The molecule has 0 atom stereocenters. The Morgan fingerprint density at radius 1 is 1.18 bits per heavy atom. The van der Waals surface area contributed by atoms with E-state index in [4.69, 9.17) is 0 Å². The quantitative estimate of drug-likeness (QED) is 0.662. The van der Waals surface area contributed by atoms with Gasteiger partial charge in [0.15, 0.2) is 0 Å². The third kappa shape index (κ3) is 6.57. The van der Waals surface area contributed by atoms with Crippen molar-refractivity contribution in [3.8, 4) is 0 Å². The van der Waals surface area contributed by atoms with Gasteiger partial charge in [-0.25, -0.2) is 4.98 Å². The Morgan fingerprint density at radius 3 is 2.71 bits per heavy atom. The molecule has 0 spiro atoms. The molecule has 2 nitrogen and oxygen atoms in total. The zero-order valence-corrected chi connectivity index (χ0v) is 11.9. The summed E-state index contributed by atoms with van der Waals surface area (Å²) in [5.74, 6) is 3.35. The molecule has 0 aliphatic carbocycles. The second-order valence-corrected chi connectivity index (χ2v) is 5.34. The highest BCUT2D eigenvalue weighted by atomic mass is 32.2. The summed E-state index contributed by atoms with van der Waals surface area (Å²) in [5, 5.41) is 3.29. The van der Waals surface area contributed by atoms with Crippen molar-refractivity contribution in [1.29, 1.82) is 0 Å². The zero-order valence-electron chi connectivity index (χ0n) is 11.0. The topological polar surface area (TPSA) is 24.9 Å². The van der Waals surface area contributed by atoms with Crippen LogP contribution in [0, 0.1) is 0 Å². The maximum Gasteiger partial charge on any atom is 0.125 e. The van der Waals surface area contributed by atoms with Crippen LogP contribution in [0.5, 0.6) is 0 Å². The summed E-state index contributed by atoms with van der Waals surface area (Å²) >= 11 is 2.01. The fraction of sp³-hybridized carbons (Fsp3) is 0.643. The number of unbranched alkanes of at least 4 members (excludes halogenated alkanes) is 2. The van der Waals surface area contributed by atoms with Gasteiger partial charge in [0.25, 0.3) is 0 Å². The second-order valence-electron chi connectivity index (χ2n) is 4.24. The molecule has 1 N–H and O–H groups in total. The Morgan fingerprint density at radius 2 is 2.06 bits per heavy atom. The fourth-order valence-electron chi connectivity index (χ4n) is 1.51. The lowest BCUT2D eigenvalue weighted by Crippen LogP contribution is -2.01. The molecule has 0 amide bonds. The molecule has 0 radical (unpaired) electrons. The van der Waals surface area contributed by atoms with Crippen molar-refractivity contribution in [2.75, 3.05) is 17.6 Å². The van der Waals surface area contributed by atoms with Crippen molar-refractivity contribution in [3.63, 3.8) is 0 Å². The zero-order chi connectivity index (χ0) is 12.3. The van der Waals surface area contributed by atoms with Crippen molar-refractivity contribution >= 4 is 17.6 Å². The summed E-state index contributed by atoms with van der Waals surface area (Å²) < 4.78 is 0. The maximum atomic E-state index is 4.41. The number of pyridine rings is 1. The highest BCUT2D eigenvalue weighted by Gasteiger charge is 1.96. The number of hydrogen-bond donors (Lipinski definition) is 1. The molecule has 0 aliphatic rings. The van der Waals surface area contributed by atoms with E-state index in [1.165, 1.54) is 30.6 Å². The van der Waals surface area contributed by atoms with Crippen molar-refractivity contribution < 1.29 is 0 Å². The number of anilines is 1. The first-order valence-electron chi connectivity index (χ1n) is 6.63. The molecule has 0 aromatic carbocycles. The minimum Gasteiger partial charge on any atom is -0.370 e. The molecule has 96 valence electrons. The van der Waals surface area contributed by atoms with Gasteiger partial charge in [-0.05, 0) is 30.2 Å². The molecule has 1 aromatic heterocycles. The van der Waals surface area contributed by atoms with Gasteiger partial charge in [-0.3, -0.25) is 0 Å². The molecule has 0 saturated heterocycles. The Balaban J connectivity index is 2.20. The van der Waals surface area contributed by atoms with Crippen LogP contribution in [0.2, 0.25) is 0 Å². The average molecular weight is 252 g/mol. The smallest absolute Gasteiger partial charge is 0.125 e. The largest absolute Gasteiger partial charge is 0.370 e. The van der Waals surface area contributed by atoms with Crippen LogP contribution in [0.3, 0.4) is 0 Å². The highest BCUT2D eigenvalue weighted by Crippen LogP contribution is 2.15. The number of nitrogens with zero attached hydrogens (tertiary/aromatic N) is 1. The van der Waals surface area contributed by atoms with Crippen LogP contribution in [0.25, 0.3) is 0 Å². The summed E-state index contributed by atoms with van der Waals surface area (Å²) in [5.41, 5.74) is 1.33. The van der Waals surface area contributed by atoms with Gasteiger partial charge in [0, 0.05) is 18.5 Å². The number of thioether (sulfide) groups is 1. The summed E-state index contributed by atoms with van der Waals surface area (Å²) in [6.07, 6.45) is 7.12. The van der Waals surface area contributed by atoms with Crippen LogP contribution in [0.4, 0.5) is 5.82 Å². The molecule has 0 bridgehead atoms. The van der Waals surface area contributed by atoms with E-state index in [9.17, 15) is 0 Å². The van der Waals surface area contributed by atoms with Crippen molar-refractivity contribution in [2.24, 2.45) is 0 Å². The maximum absolute atomic E-state index is 4.41. The van der Waals surface area contributed by atoms with E-state index in [0.29, 0.717) is 0 Å². The van der Waals surface area contributed by atoms with Crippen LogP contribution in [-0.4, -0.2) is 17.3 Å². The fourth-order valence-corrected chi connectivity index (χ4v) is 2.47. The van der Waals surface area contributed by atoms with Crippen LogP contribution in [0.15, 0.2) is 18.3 Å². The van der Waals surface area contributed by atoms with E-state index in [-0.39, 0.29) is 0 Å². The lowest BCUT2D eigenvalue weighted by molar-refractivity contribution is 0.778. The van der Waals surface area contributed by atoms with Gasteiger partial charge in [0.2, 0.25) is 0 Å². The summed E-state index contributed by atoms with van der Waals surface area (Å²) in [6.45, 7) is 5.41. The average Bonchev–Trinajstić information content (AvgIpc) is 2.37. The molecular weight excluding hydrogens is 228 g/mol. The number of nitrogens with one attached hydrogen (secondary N) is 1. The SMILES string of the molecule is CCCCCSCc1ccc(NCCC)nc1. The molecule has 1 aromatic rings. The number of aromatic nitrogens is 1. The van der Waals surface area contributed by atoms with Crippen molar-refractivity contribution in [1.82, 2.24) is 4.98 Å². The standard InChI is InChI=1S/C14H24N2S/c1-3-5-6-10-17-12-13-7-8-14(16-11-13)15-9-4-2/h7-8,11H,3-6,9-10,12H2,1-2H3,(H,15,16). The lowest BCUT2D eigenvalue weighted by atomic mass is 10.3. The monoisotopic (exact) mass is 252 g/mol. The Kier molecular flexibility index (Phi) is 7.89. The minimum atomic E-state index is 0.992. The van der Waals surface area contributed by atoms with Crippen molar-refractivity contribution in [2.45, 2.75) is 45.3 Å². The van der Waals surface area contributed by atoms with Gasteiger partial charge in [-0.1, -0.05) is 32.8 Å². The van der Waals surface area contributed by atoms with Crippen LogP contribution < -0.4 is 5.32 Å².